The van der Waals surface area contributed by atoms with Crippen molar-refractivity contribution >= 4 is 9.84 Å². The molecule has 4 rings (SSSR count). The molecule has 0 bridgehead atoms. The molecule has 1 heterocycles. The van der Waals surface area contributed by atoms with Crippen LogP contribution >= 0.6 is 0 Å². The van der Waals surface area contributed by atoms with Crippen molar-refractivity contribution in [2.24, 2.45) is 0 Å². The van der Waals surface area contributed by atoms with Gasteiger partial charge in [-0.3, -0.25) is 0 Å². The van der Waals surface area contributed by atoms with Crippen molar-refractivity contribution in [3.63, 3.8) is 0 Å². The van der Waals surface area contributed by atoms with E-state index in [9.17, 15) is 12.8 Å². The molecular weight excluding hydrogens is 373 g/mol. The molecule has 1 aromatic heterocycles. The third-order valence-electron chi connectivity index (χ3n) is 4.61. The maximum absolute atomic E-state index is 13.5. The standard InChI is InChI=1S/C23H18FNO2S/c1-28(26,27)21-13-7-18(8-14-21)23-16-15-22(17-5-3-2-4-6-17)25(23)20-11-9-19(24)10-12-20/h2-16H,1H3. The van der Waals surface area contributed by atoms with Gasteiger partial charge in [0.1, 0.15) is 5.82 Å². The largest absolute Gasteiger partial charge is 0.309 e. The predicted molar refractivity (Wildman–Crippen MR) is 110 cm³/mol. The Labute approximate surface area is 163 Å². The van der Waals surface area contributed by atoms with E-state index in [1.54, 1.807) is 36.4 Å². The summed E-state index contributed by atoms with van der Waals surface area (Å²) in [7, 11) is -3.26. The molecule has 0 saturated heterocycles. The van der Waals surface area contributed by atoms with E-state index in [1.807, 2.05) is 47.0 Å². The maximum Gasteiger partial charge on any atom is 0.175 e. The molecule has 140 valence electrons. The Morgan fingerprint density at radius 2 is 1.21 bits per heavy atom. The number of hydrogen-bond donors (Lipinski definition) is 0. The molecule has 0 aliphatic carbocycles. The second kappa shape index (κ2) is 7.09. The highest BCUT2D eigenvalue weighted by Crippen LogP contribution is 2.32. The van der Waals surface area contributed by atoms with Crippen LogP contribution in [-0.4, -0.2) is 19.2 Å². The normalized spacial score (nSPS) is 11.5. The van der Waals surface area contributed by atoms with E-state index in [2.05, 4.69) is 0 Å². The molecule has 0 spiro atoms. The van der Waals surface area contributed by atoms with Crippen molar-refractivity contribution in [2.75, 3.05) is 6.26 Å². The summed E-state index contributed by atoms with van der Waals surface area (Å²) in [6.07, 6.45) is 1.19. The van der Waals surface area contributed by atoms with Gasteiger partial charge in [-0.25, -0.2) is 12.8 Å². The molecule has 28 heavy (non-hydrogen) atoms. The van der Waals surface area contributed by atoms with Gasteiger partial charge >= 0.3 is 0 Å². The Morgan fingerprint density at radius 1 is 0.679 bits per heavy atom. The van der Waals surface area contributed by atoms with Crippen molar-refractivity contribution in [1.29, 1.82) is 0 Å². The minimum atomic E-state index is -3.26. The third-order valence-corrected chi connectivity index (χ3v) is 5.74. The van der Waals surface area contributed by atoms with Crippen LogP contribution in [0.3, 0.4) is 0 Å². The number of hydrogen-bond acceptors (Lipinski definition) is 2. The lowest BCUT2D eigenvalue weighted by Crippen LogP contribution is -2.00. The average Bonchev–Trinajstić information content (AvgIpc) is 3.14. The highest BCUT2D eigenvalue weighted by Gasteiger charge is 2.14. The van der Waals surface area contributed by atoms with Crippen LogP contribution in [0.25, 0.3) is 28.2 Å². The number of sulfone groups is 1. The lowest BCUT2D eigenvalue weighted by atomic mass is 10.1. The third kappa shape index (κ3) is 3.49. The zero-order valence-electron chi connectivity index (χ0n) is 15.2. The SMILES string of the molecule is CS(=O)(=O)c1ccc(-c2ccc(-c3ccccc3)n2-c2ccc(F)cc2)cc1. The Morgan fingerprint density at radius 3 is 1.75 bits per heavy atom. The van der Waals surface area contributed by atoms with Gasteiger partial charge in [0.05, 0.1) is 16.3 Å². The minimum Gasteiger partial charge on any atom is -0.309 e. The summed E-state index contributed by atoms with van der Waals surface area (Å²) < 4.78 is 39.0. The fourth-order valence-corrected chi connectivity index (χ4v) is 3.87. The van der Waals surface area contributed by atoms with E-state index in [0.29, 0.717) is 0 Å². The van der Waals surface area contributed by atoms with Crippen molar-refractivity contribution < 1.29 is 12.8 Å². The molecule has 0 saturated carbocycles. The van der Waals surface area contributed by atoms with Crippen LogP contribution < -0.4 is 0 Å². The Bertz CT molecular complexity index is 1210. The van der Waals surface area contributed by atoms with Crippen LogP contribution in [-0.2, 0) is 9.84 Å². The zero-order valence-corrected chi connectivity index (χ0v) is 16.0. The summed E-state index contributed by atoms with van der Waals surface area (Å²) in [5.74, 6) is -0.295. The highest BCUT2D eigenvalue weighted by atomic mass is 32.2. The van der Waals surface area contributed by atoms with E-state index in [1.165, 1.54) is 18.4 Å². The first-order valence-electron chi connectivity index (χ1n) is 8.77. The van der Waals surface area contributed by atoms with Gasteiger partial charge in [0.2, 0.25) is 0 Å². The molecule has 0 aliphatic rings. The van der Waals surface area contributed by atoms with Crippen molar-refractivity contribution in [3.05, 3.63) is 96.8 Å². The van der Waals surface area contributed by atoms with Crippen LogP contribution in [0.15, 0.2) is 95.9 Å². The van der Waals surface area contributed by atoms with E-state index in [-0.39, 0.29) is 10.7 Å². The first-order chi connectivity index (χ1) is 13.4. The summed E-state index contributed by atoms with van der Waals surface area (Å²) in [4.78, 5) is 0.277. The molecule has 0 unspecified atom stereocenters. The van der Waals surface area contributed by atoms with Crippen LogP contribution in [0.2, 0.25) is 0 Å². The van der Waals surface area contributed by atoms with E-state index in [4.69, 9.17) is 0 Å². The second-order valence-corrected chi connectivity index (χ2v) is 8.59. The van der Waals surface area contributed by atoms with Gasteiger partial charge in [-0.05, 0) is 59.7 Å². The second-order valence-electron chi connectivity index (χ2n) is 6.58. The molecule has 3 aromatic carbocycles. The summed E-state index contributed by atoms with van der Waals surface area (Å²) in [5, 5.41) is 0. The van der Waals surface area contributed by atoms with Gasteiger partial charge in [0, 0.05) is 11.9 Å². The molecule has 3 nitrogen and oxygen atoms in total. The predicted octanol–water partition coefficient (Wildman–Crippen LogP) is 5.35. The summed E-state index contributed by atoms with van der Waals surface area (Å²) in [6.45, 7) is 0. The maximum atomic E-state index is 13.5. The lowest BCUT2D eigenvalue weighted by Gasteiger charge is -2.14. The van der Waals surface area contributed by atoms with Gasteiger partial charge < -0.3 is 4.57 Å². The van der Waals surface area contributed by atoms with Crippen LogP contribution in [0, 0.1) is 5.82 Å². The molecule has 5 heteroatoms. The molecule has 0 fully saturated rings. The first kappa shape index (κ1) is 18.2. The van der Waals surface area contributed by atoms with Gasteiger partial charge in [0.25, 0.3) is 0 Å². The number of nitrogens with zero attached hydrogens (tertiary/aromatic N) is 1. The monoisotopic (exact) mass is 391 g/mol. The van der Waals surface area contributed by atoms with Gasteiger partial charge in [-0.15, -0.1) is 0 Å². The number of halogens is 1. The summed E-state index contributed by atoms with van der Waals surface area (Å²) >= 11 is 0. The number of rotatable bonds is 4. The number of aromatic nitrogens is 1. The van der Waals surface area contributed by atoms with Crippen molar-refractivity contribution in [3.8, 4) is 28.2 Å². The molecular formula is C23H18FNO2S. The number of benzene rings is 3. The topological polar surface area (TPSA) is 39.1 Å². The molecule has 0 atom stereocenters. The van der Waals surface area contributed by atoms with Crippen LogP contribution in [0.5, 0.6) is 0 Å². The highest BCUT2D eigenvalue weighted by molar-refractivity contribution is 7.90. The first-order valence-corrected chi connectivity index (χ1v) is 10.7. The Hall–Kier alpha value is -3.18. The smallest absolute Gasteiger partial charge is 0.175 e. The minimum absolute atomic E-state index is 0.277. The fraction of sp³-hybridized carbons (Fsp3) is 0.0435. The zero-order chi connectivity index (χ0) is 19.7. The van der Waals surface area contributed by atoms with E-state index < -0.39 is 9.84 Å². The summed E-state index contributed by atoms with van der Waals surface area (Å²) in [6, 6.07) is 27.1. The van der Waals surface area contributed by atoms with Gasteiger partial charge in [0.15, 0.2) is 9.84 Å². The Balaban J connectivity index is 1.91. The summed E-state index contributed by atoms with van der Waals surface area (Å²) in [5.41, 5.74) is 4.59. The average molecular weight is 391 g/mol. The quantitative estimate of drug-likeness (QED) is 0.470. The van der Waals surface area contributed by atoms with E-state index >= 15 is 0 Å². The fourth-order valence-electron chi connectivity index (χ4n) is 3.24. The molecule has 0 radical (unpaired) electrons. The molecule has 4 aromatic rings. The van der Waals surface area contributed by atoms with E-state index in [0.717, 1.165) is 28.2 Å². The lowest BCUT2D eigenvalue weighted by molar-refractivity contribution is 0.602. The Kier molecular flexibility index (Phi) is 4.61. The van der Waals surface area contributed by atoms with Crippen molar-refractivity contribution in [2.45, 2.75) is 4.90 Å². The molecule has 0 amide bonds. The van der Waals surface area contributed by atoms with Gasteiger partial charge in [-0.2, -0.15) is 0 Å². The molecule has 0 N–H and O–H groups in total. The van der Waals surface area contributed by atoms with Crippen molar-refractivity contribution in [1.82, 2.24) is 4.57 Å². The molecule has 0 aliphatic heterocycles. The van der Waals surface area contributed by atoms with Crippen LogP contribution in [0.1, 0.15) is 0 Å². The van der Waals surface area contributed by atoms with Gasteiger partial charge in [-0.1, -0.05) is 42.5 Å². The van der Waals surface area contributed by atoms with Crippen LogP contribution in [0.4, 0.5) is 4.39 Å².